The molecule has 0 amide bonds. The summed E-state index contributed by atoms with van der Waals surface area (Å²) in [6.07, 6.45) is 9.74. The summed E-state index contributed by atoms with van der Waals surface area (Å²) in [5.41, 5.74) is 2.12. The minimum Gasteiger partial charge on any atom is -0.298 e. The third kappa shape index (κ3) is 4.53. The van der Waals surface area contributed by atoms with Crippen molar-refractivity contribution in [2.45, 2.75) is 76.9 Å². The predicted molar refractivity (Wildman–Crippen MR) is 131 cm³/mol. The highest BCUT2D eigenvalue weighted by molar-refractivity contribution is 5.79. The van der Waals surface area contributed by atoms with Gasteiger partial charge in [-0.2, -0.15) is 0 Å². The zero-order chi connectivity index (χ0) is 22.8. The molecule has 2 aliphatic rings. The lowest BCUT2D eigenvalue weighted by atomic mass is 9.93. The quantitative estimate of drug-likeness (QED) is 0.558. The molecule has 176 valence electrons. The summed E-state index contributed by atoms with van der Waals surface area (Å²) in [4.78, 5) is 9.84. The van der Waals surface area contributed by atoms with Gasteiger partial charge in [-0.25, -0.2) is 4.68 Å². The molecule has 1 saturated heterocycles. The number of benzene rings is 1. The van der Waals surface area contributed by atoms with E-state index < -0.39 is 0 Å². The SMILES string of the molecule is CCC(C)(C)n1nnnc1[C@@H](c1ccc2ncccc2c1)N1CCN(C2CCCCC2)CC1. The lowest BCUT2D eigenvalue weighted by Crippen LogP contribution is -2.52. The third-order valence-electron chi connectivity index (χ3n) is 7.92. The molecule has 1 aliphatic carbocycles. The van der Waals surface area contributed by atoms with E-state index in [1.165, 1.54) is 37.7 Å². The van der Waals surface area contributed by atoms with Gasteiger partial charge in [-0.15, -0.1) is 5.10 Å². The van der Waals surface area contributed by atoms with Crippen molar-refractivity contribution in [3.05, 3.63) is 47.9 Å². The summed E-state index contributed by atoms with van der Waals surface area (Å²) in [7, 11) is 0. The Kier molecular flexibility index (Phi) is 6.43. The largest absolute Gasteiger partial charge is 0.298 e. The maximum Gasteiger partial charge on any atom is 0.173 e. The smallest absolute Gasteiger partial charge is 0.173 e. The van der Waals surface area contributed by atoms with Gasteiger partial charge < -0.3 is 0 Å². The highest BCUT2D eigenvalue weighted by atomic mass is 15.6. The monoisotopic (exact) mass is 447 g/mol. The Morgan fingerprint density at radius 2 is 1.82 bits per heavy atom. The maximum absolute atomic E-state index is 4.60. The predicted octanol–water partition coefficient (Wildman–Crippen LogP) is 4.41. The molecule has 0 radical (unpaired) electrons. The van der Waals surface area contributed by atoms with E-state index in [-0.39, 0.29) is 11.6 Å². The second-order valence-corrected chi connectivity index (χ2v) is 10.3. The van der Waals surface area contributed by atoms with Crippen LogP contribution >= 0.6 is 0 Å². The number of rotatable bonds is 6. The molecular formula is C26H37N7. The van der Waals surface area contributed by atoms with Crippen molar-refractivity contribution in [3.8, 4) is 0 Å². The standard InChI is InChI=1S/C26H37N7/c1-4-26(2,3)33-25(28-29-30-33)24(21-12-13-23-20(19-21)9-8-14-27-23)32-17-15-31(16-18-32)22-10-6-5-7-11-22/h8-9,12-14,19,22,24H,4-7,10-11,15-18H2,1-3H3/t24-/m1/s1. The van der Waals surface area contributed by atoms with Crippen LogP contribution in [-0.4, -0.2) is 67.2 Å². The molecule has 1 atom stereocenters. The topological polar surface area (TPSA) is 63.0 Å². The average Bonchev–Trinajstić information content (AvgIpc) is 3.35. The van der Waals surface area contributed by atoms with Crippen LogP contribution in [0.2, 0.25) is 0 Å². The lowest BCUT2D eigenvalue weighted by molar-refractivity contribution is 0.0606. The van der Waals surface area contributed by atoms with Crippen LogP contribution in [0, 0.1) is 0 Å². The van der Waals surface area contributed by atoms with Crippen LogP contribution in [0.1, 0.15) is 76.7 Å². The molecule has 0 N–H and O–H groups in total. The van der Waals surface area contributed by atoms with Gasteiger partial charge in [0, 0.05) is 43.8 Å². The van der Waals surface area contributed by atoms with Gasteiger partial charge in [0.15, 0.2) is 5.82 Å². The molecule has 2 aromatic heterocycles. The minimum absolute atomic E-state index is 0.0314. The number of piperazine rings is 1. The molecule has 3 aromatic rings. The Hall–Kier alpha value is -2.38. The number of hydrogen-bond acceptors (Lipinski definition) is 6. The lowest BCUT2D eigenvalue weighted by Gasteiger charge is -2.43. The molecule has 0 spiro atoms. The number of fused-ring (bicyclic) bond motifs is 1. The Balaban J connectivity index is 1.48. The molecule has 1 saturated carbocycles. The van der Waals surface area contributed by atoms with E-state index in [0.29, 0.717) is 0 Å². The fourth-order valence-corrected chi connectivity index (χ4v) is 5.54. The van der Waals surface area contributed by atoms with E-state index in [4.69, 9.17) is 0 Å². The first kappa shape index (κ1) is 22.4. The second kappa shape index (κ2) is 9.47. The van der Waals surface area contributed by atoms with Crippen LogP contribution in [0.3, 0.4) is 0 Å². The number of tetrazole rings is 1. The molecule has 1 aliphatic heterocycles. The summed E-state index contributed by atoms with van der Waals surface area (Å²) in [6.45, 7) is 10.9. The molecule has 33 heavy (non-hydrogen) atoms. The Morgan fingerprint density at radius 3 is 2.58 bits per heavy atom. The zero-order valence-corrected chi connectivity index (χ0v) is 20.3. The molecule has 1 aromatic carbocycles. The van der Waals surface area contributed by atoms with Gasteiger partial charge in [0.25, 0.3) is 0 Å². The Bertz CT molecular complexity index is 1060. The first-order chi connectivity index (χ1) is 16.1. The highest BCUT2D eigenvalue weighted by Gasteiger charge is 2.35. The first-order valence-corrected chi connectivity index (χ1v) is 12.7. The molecule has 5 rings (SSSR count). The number of nitrogens with zero attached hydrogens (tertiary/aromatic N) is 7. The molecule has 7 nitrogen and oxygen atoms in total. The summed E-state index contributed by atoms with van der Waals surface area (Å²) in [5, 5.41) is 14.4. The molecule has 0 unspecified atom stereocenters. The van der Waals surface area contributed by atoms with Crippen LogP contribution < -0.4 is 0 Å². The van der Waals surface area contributed by atoms with Gasteiger partial charge in [-0.05, 0) is 67.3 Å². The van der Waals surface area contributed by atoms with Crippen LogP contribution in [0.15, 0.2) is 36.5 Å². The van der Waals surface area contributed by atoms with E-state index >= 15 is 0 Å². The first-order valence-electron chi connectivity index (χ1n) is 12.7. The van der Waals surface area contributed by atoms with Crippen LogP contribution in [0.4, 0.5) is 0 Å². The van der Waals surface area contributed by atoms with Crippen molar-refractivity contribution in [2.24, 2.45) is 0 Å². The van der Waals surface area contributed by atoms with Gasteiger partial charge in [0.05, 0.1) is 17.1 Å². The maximum atomic E-state index is 4.60. The van der Waals surface area contributed by atoms with Gasteiger partial charge in [0.1, 0.15) is 0 Å². The summed E-state index contributed by atoms with van der Waals surface area (Å²) in [5.74, 6) is 0.941. The molecule has 3 heterocycles. The van der Waals surface area contributed by atoms with E-state index in [1.54, 1.807) is 0 Å². The van der Waals surface area contributed by atoms with E-state index in [1.807, 2.05) is 12.3 Å². The third-order valence-corrected chi connectivity index (χ3v) is 7.92. The fourth-order valence-electron chi connectivity index (χ4n) is 5.54. The van der Waals surface area contributed by atoms with E-state index in [2.05, 4.69) is 80.0 Å². The van der Waals surface area contributed by atoms with Gasteiger partial charge in [-0.3, -0.25) is 14.8 Å². The van der Waals surface area contributed by atoms with Crippen molar-refractivity contribution in [1.29, 1.82) is 0 Å². The molecular weight excluding hydrogens is 410 g/mol. The van der Waals surface area contributed by atoms with Crippen molar-refractivity contribution < 1.29 is 0 Å². The van der Waals surface area contributed by atoms with Crippen LogP contribution in [0.25, 0.3) is 10.9 Å². The van der Waals surface area contributed by atoms with Gasteiger partial charge >= 0.3 is 0 Å². The minimum atomic E-state index is -0.139. The van der Waals surface area contributed by atoms with Crippen LogP contribution in [-0.2, 0) is 5.54 Å². The fraction of sp³-hybridized carbons (Fsp3) is 0.615. The van der Waals surface area contributed by atoms with Crippen molar-refractivity contribution in [2.75, 3.05) is 26.2 Å². The number of pyridine rings is 1. The second-order valence-electron chi connectivity index (χ2n) is 10.3. The van der Waals surface area contributed by atoms with Crippen molar-refractivity contribution in [3.63, 3.8) is 0 Å². The average molecular weight is 448 g/mol. The Morgan fingerprint density at radius 1 is 1.03 bits per heavy atom. The van der Waals surface area contributed by atoms with Crippen LogP contribution in [0.5, 0.6) is 0 Å². The Labute approximate surface area is 197 Å². The summed E-state index contributed by atoms with van der Waals surface area (Å²) in [6, 6.07) is 11.6. The zero-order valence-electron chi connectivity index (χ0n) is 20.3. The summed E-state index contributed by atoms with van der Waals surface area (Å²) < 4.78 is 2.05. The normalized spacial score (nSPS) is 20.3. The van der Waals surface area contributed by atoms with Gasteiger partial charge in [0.2, 0.25) is 0 Å². The van der Waals surface area contributed by atoms with E-state index in [0.717, 1.165) is 55.4 Å². The molecule has 7 heteroatoms. The molecule has 0 bridgehead atoms. The molecule has 2 fully saturated rings. The van der Waals surface area contributed by atoms with E-state index in [9.17, 15) is 0 Å². The van der Waals surface area contributed by atoms with Gasteiger partial charge in [-0.1, -0.05) is 38.3 Å². The number of hydrogen-bond donors (Lipinski definition) is 0. The highest BCUT2D eigenvalue weighted by Crippen LogP contribution is 2.33. The number of aromatic nitrogens is 5. The van der Waals surface area contributed by atoms with Crippen molar-refractivity contribution in [1.82, 2.24) is 35.0 Å². The van der Waals surface area contributed by atoms with Crippen molar-refractivity contribution >= 4 is 10.9 Å². The summed E-state index contributed by atoms with van der Waals surface area (Å²) >= 11 is 0.